The lowest BCUT2D eigenvalue weighted by Crippen LogP contribution is -2.24. The number of nitrogens with one attached hydrogen (secondary N) is 2. The zero-order chi connectivity index (χ0) is 14.1. The monoisotopic (exact) mass is 270 g/mol. The van der Waals surface area contributed by atoms with Gasteiger partial charge in [0.2, 0.25) is 0 Å². The number of fused-ring (bicyclic) bond motifs is 1. The van der Waals surface area contributed by atoms with E-state index in [9.17, 15) is 9.59 Å². The Labute approximate surface area is 112 Å². The molecule has 3 heterocycles. The predicted molar refractivity (Wildman–Crippen MR) is 70.5 cm³/mol. The van der Waals surface area contributed by atoms with E-state index < -0.39 is 5.91 Å². The number of hydrogen-bond acceptors (Lipinski definition) is 5. The minimum atomic E-state index is -0.514. The Morgan fingerprint density at radius 1 is 1.30 bits per heavy atom. The van der Waals surface area contributed by atoms with E-state index in [4.69, 9.17) is 0 Å². The van der Waals surface area contributed by atoms with Crippen LogP contribution in [0.4, 0.5) is 5.69 Å². The Morgan fingerprint density at radius 2 is 2.15 bits per heavy atom. The van der Waals surface area contributed by atoms with Gasteiger partial charge < -0.3 is 5.32 Å². The van der Waals surface area contributed by atoms with Crippen molar-refractivity contribution < 1.29 is 4.79 Å². The van der Waals surface area contributed by atoms with Gasteiger partial charge in [-0.25, -0.2) is 9.97 Å². The molecule has 0 saturated carbocycles. The number of nitrogens with zero attached hydrogens (tertiary/aromatic N) is 4. The lowest BCUT2D eigenvalue weighted by Gasteiger charge is -2.03. The zero-order valence-electron chi connectivity index (χ0n) is 10.5. The van der Waals surface area contributed by atoms with Crippen molar-refractivity contribution in [3.05, 3.63) is 52.6 Å². The van der Waals surface area contributed by atoms with Gasteiger partial charge in [-0.1, -0.05) is 0 Å². The van der Waals surface area contributed by atoms with Crippen molar-refractivity contribution in [1.29, 1.82) is 0 Å². The van der Waals surface area contributed by atoms with Gasteiger partial charge in [-0.15, -0.1) is 0 Å². The van der Waals surface area contributed by atoms with Gasteiger partial charge in [-0.2, -0.15) is 4.52 Å². The second kappa shape index (κ2) is 4.57. The van der Waals surface area contributed by atoms with Crippen LogP contribution in [0.1, 0.15) is 16.2 Å². The Bertz CT molecular complexity index is 836. The van der Waals surface area contributed by atoms with Crippen LogP contribution in [0, 0.1) is 6.92 Å². The number of aromatic nitrogens is 5. The highest BCUT2D eigenvalue weighted by Gasteiger charge is 2.12. The lowest BCUT2D eigenvalue weighted by molar-refractivity contribution is 0.102. The number of carbonyl (C=O) groups is 1. The van der Waals surface area contributed by atoms with Gasteiger partial charge in [0.05, 0.1) is 12.4 Å². The summed E-state index contributed by atoms with van der Waals surface area (Å²) in [6.07, 6.45) is 5.50. The summed E-state index contributed by atoms with van der Waals surface area (Å²) in [5, 5.41) is 5.31. The number of hydrogen-bond donors (Lipinski definition) is 2. The number of aromatic amines is 1. The van der Waals surface area contributed by atoms with Gasteiger partial charge >= 0.3 is 0 Å². The third kappa shape index (κ3) is 2.03. The molecule has 1 amide bonds. The number of amides is 1. The molecule has 0 atom stereocenters. The molecular formula is C12H10N6O2. The van der Waals surface area contributed by atoms with E-state index in [2.05, 4.69) is 25.4 Å². The topological polar surface area (TPSA) is 105 Å². The second-order valence-corrected chi connectivity index (χ2v) is 4.15. The fraction of sp³-hybridized carbons (Fsp3) is 0.0833. The molecular weight excluding hydrogens is 260 g/mol. The van der Waals surface area contributed by atoms with Crippen LogP contribution in [0.2, 0.25) is 0 Å². The molecule has 2 N–H and O–H groups in total. The summed E-state index contributed by atoms with van der Waals surface area (Å²) in [4.78, 5) is 35.8. The number of carbonyl (C=O) groups excluding carboxylic acids is 1. The molecule has 0 aliphatic heterocycles. The van der Waals surface area contributed by atoms with Crippen molar-refractivity contribution in [3.63, 3.8) is 0 Å². The van der Waals surface area contributed by atoms with E-state index in [0.717, 1.165) is 5.69 Å². The predicted octanol–water partition coefficient (Wildman–Crippen LogP) is 0.373. The Morgan fingerprint density at radius 3 is 2.90 bits per heavy atom. The molecule has 0 aromatic carbocycles. The smallest absolute Gasteiger partial charge is 0.296 e. The zero-order valence-corrected chi connectivity index (χ0v) is 10.5. The standard InChI is InChI=1S/C12H10N6O2/c1-7-4-10-15-6-9(12(20)18(10)17-7)16-11(19)8-5-13-2-3-14-8/h2-6,17H,1H3,(H,16,19). The minimum Gasteiger partial charge on any atom is -0.315 e. The summed E-state index contributed by atoms with van der Waals surface area (Å²) in [7, 11) is 0. The summed E-state index contributed by atoms with van der Waals surface area (Å²) in [5.74, 6) is -0.514. The van der Waals surface area contributed by atoms with Gasteiger partial charge in [0.15, 0.2) is 5.65 Å². The van der Waals surface area contributed by atoms with Crippen LogP contribution in [0.15, 0.2) is 35.6 Å². The van der Waals surface area contributed by atoms with Gasteiger partial charge in [0.25, 0.3) is 11.5 Å². The van der Waals surface area contributed by atoms with Crippen molar-refractivity contribution in [2.24, 2.45) is 0 Å². The quantitative estimate of drug-likeness (QED) is 0.700. The van der Waals surface area contributed by atoms with E-state index in [1.54, 1.807) is 6.07 Å². The molecule has 0 saturated heterocycles. The number of rotatable bonds is 2. The summed E-state index contributed by atoms with van der Waals surface area (Å²) >= 11 is 0. The molecule has 0 fully saturated rings. The fourth-order valence-corrected chi connectivity index (χ4v) is 1.77. The van der Waals surface area contributed by atoms with E-state index in [-0.39, 0.29) is 16.9 Å². The van der Waals surface area contributed by atoms with Gasteiger partial charge in [-0.3, -0.25) is 19.7 Å². The molecule has 8 heteroatoms. The molecule has 0 bridgehead atoms. The molecule has 0 aliphatic rings. The van der Waals surface area contributed by atoms with Crippen LogP contribution in [-0.2, 0) is 0 Å². The maximum atomic E-state index is 12.1. The van der Waals surface area contributed by atoms with E-state index in [1.165, 1.54) is 29.3 Å². The van der Waals surface area contributed by atoms with Crippen molar-refractivity contribution >= 4 is 17.2 Å². The molecule has 3 aromatic rings. The molecule has 0 spiro atoms. The molecule has 0 aliphatic carbocycles. The van der Waals surface area contributed by atoms with Gasteiger partial charge in [-0.05, 0) is 6.92 Å². The SMILES string of the molecule is Cc1cc2ncc(NC(=O)c3cnccn3)c(=O)n2[nH]1. The minimum absolute atomic E-state index is 0.0694. The van der Waals surface area contributed by atoms with Crippen LogP contribution in [0.5, 0.6) is 0 Å². The van der Waals surface area contributed by atoms with Crippen LogP contribution in [0.3, 0.4) is 0 Å². The summed E-state index contributed by atoms with van der Waals surface area (Å²) < 4.78 is 1.27. The van der Waals surface area contributed by atoms with Crippen LogP contribution in [0.25, 0.3) is 5.65 Å². The largest absolute Gasteiger partial charge is 0.315 e. The van der Waals surface area contributed by atoms with Crippen molar-refractivity contribution in [1.82, 2.24) is 24.6 Å². The summed E-state index contributed by atoms with van der Waals surface area (Å²) in [5.41, 5.74) is 1.09. The number of H-pyrrole nitrogens is 1. The molecule has 8 nitrogen and oxygen atoms in total. The Balaban J connectivity index is 1.97. The lowest BCUT2D eigenvalue weighted by atomic mass is 10.4. The van der Waals surface area contributed by atoms with Crippen LogP contribution < -0.4 is 10.9 Å². The average molecular weight is 270 g/mol. The van der Waals surface area contributed by atoms with E-state index in [1.807, 2.05) is 6.92 Å². The molecule has 3 aromatic heterocycles. The molecule has 0 radical (unpaired) electrons. The first-order valence-electron chi connectivity index (χ1n) is 5.80. The van der Waals surface area contributed by atoms with E-state index in [0.29, 0.717) is 5.65 Å². The molecule has 100 valence electrons. The Hall–Kier alpha value is -3.03. The van der Waals surface area contributed by atoms with Crippen LogP contribution in [-0.4, -0.2) is 30.5 Å². The first kappa shape index (κ1) is 12.0. The van der Waals surface area contributed by atoms with Gasteiger partial charge in [0.1, 0.15) is 11.4 Å². The maximum Gasteiger partial charge on any atom is 0.296 e. The summed E-state index contributed by atoms with van der Waals surface area (Å²) in [6.45, 7) is 1.81. The number of anilines is 1. The maximum absolute atomic E-state index is 12.1. The molecule has 0 unspecified atom stereocenters. The fourth-order valence-electron chi connectivity index (χ4n) is 1.77. The molecule has 3 rings (SSSR count). The van der Waals surface area contributed by atoms with Crippen molar-refractivity contribution in [2.45, 2.75) is 6.92 Å². The Kier molecular flexibility index (Phi) is 2.75. The van der Waals surface area contributed by atoms with Gasteiger partial charge in [0, 0.05) is 24.2 Å². The highest BCUT2D eigenvalue weighted by atomic mass is 16.2. The van der Waals surface area contributed by atoms with E-state index >= 15 is 0 Å². The normalized spacial score (nSPS) is 10.7. The van der Waals surface area contributed by atoms with Crippen LogP contribution >= 0.6 is 0 Å². The molecule has 20 heavy (non-hydrogen) atoms. The second-order valence-electron chi connectivity index (χ2n) is 4.15. The first-order valence-corrected chi connectivity index (χ1v) is 5.80. The average Bonchev–Trinajstić information content (AvgIpc) is 2.84. The summed E-state index contributed by atoms with van der Waals surface area (Å²) in [6, 6.07) is 1.73. The highest BCUT2D eigenvalue weighted by Crippen LogP contribution is 2.04. The third-order valence-corrected chi connectivity index (χ3v) is 2.67. The van der Waals surface area contributed by atoms with Crippen molar-refractivity contribution in [3.8, 4) is 0 Å². The highest BCUT2D eigenvalue weighted by molar-refractivity contribution is 6.02. The number of aryl methyl sites for hydroxylation is 1. The third-order valence-electron chi connectivity index (χ3n) is 2.67. The first-order chi connectivity index (χ1) is 9.65. The van der Waals surface area contributed by atoms with Crippen molar-refractivity contribution in [2.75, 3.05) is 5.32 Å².